The molecule has 0 amide bonds. The van der Waals surface area contributed by atoms with Crippen LogP contribution in [0, 0.1) is 0 Å². The van der Waals surface area contributed by atoms with Crippen LogP contribution in [0.1, 0.15) is 0 Å². The van der Waals surface area contributed by atoms with E-state index in [0.717, 1.165) is 38.5 Å². The number of hydrogen-bond acceptors (Lipinski definition) is 3. The Labute approximate surface area is 166 Å². The van der Waals surface area contributed by atoms with Gasteiger partial charge in [-0.1, -0.05) is 54.6 Å². The number of para-hydroxylation sites is 3. The Bertz CT molecular complexity index is 1520. The van der Waals surface area contributed by atoms with Crippen LogP contribution in [0.3, 0.4) is 0 Å². The van der Waals surface area contributed by atoms with Gasteiger partial charge in [0.1, 0.15) is 5.75 Å². The molecule has 0 aliphatic carbocycles. The Hall–Kier alpha value is -3.70. The summed E-state index contributed by atoms with van der Waals surface area (Å²) < 4.78 is 14.0. The summed E-state index contributed by atoms with van der Waals surface area (Å²) in [4.78, 5) is 0. The summed E-state index contributed by atoms with van der Waals surface area (Å²) in [6, 6.07) is 28.7. The normalized spacial score (nSPS) is 11.6. The zero-order valence-corrected chi connectivity index (χ0v) is 15.5. The maximum absolute atomic E-state index is 9.25. The van der Waals surface area contributed by atoms with E-state index in [0.29, 0.717) is 11.3 Å². The van der Waals surface area contributed by atoms with Gasteiger partial charge in [0.2, 0.25) is 0 Å². The lowest BCUT2D eigenvalue weighted by Gasteiger charge is -2.07. The third kappa shape index (κ3) is 2.25. The van der Waals surface area contributed by atoms with Crippen LogP contribution in [-0.2, 0) is 0 Å². The predicted molar refractivity (Wildman–Crippen MR) is 118 cm³/mol. The third-order valence-electron chi connectivity index (χ3n) is 5.50. The molecule has 2 aromatic heterocycles. The number of nitrogens with zero attached hydrogens (tertiary/aromatic N) is 1. The van der Waals surface area contributed by atoms with E-state index in [9.17, 15) is 5.02 Å². The van der Waals surface area contributed by atoms with Crippen LogP contribution >= 0.6 is 0 Å². The smallest absolute Gasteiger partial charge is 0.504 e. The Morgan fingerprint density at radius 2 is 1.41 bits per heavy atom. The maximum atomic E-state index is 9.25. The van der Waals surface area contributed by atoms with Crippen LogP contribution in [0.2, 0.25) is 0 Å². The van der Waals surface area contributed by atoms with Crippen molar-refractivity contribution >= 4 is 51.4 Å². The molecule has 0 fully saturated rings. The van der Waals surface area contributed by atoms with Gasteiger partial charge in [-0.05, 0) is 30.3 Å². The van der Waals surface area contributed by atoms with E-state index in [-0.39, 0.29) is 0 Å². The molecule has 138 valence electrons. The highest BCUT2D eigenvalue weighted by molar-refractivity contribution is 6.22. The van der Waals surface area contributed by atoms with E-state index in [1.165, 1.54) is 5.39 Å². The minimum absolute atomic E-state index is 0.393. The number of hydrogen-bond donors (Lipinski definition) is 1. The molecule has 6 aromatic rings. The lowest BCUT2D eigenvalue weighted by Crippen LogP contribution is -1.99. The second kappa shape index (κ2) is 6.16. The summed E-state index contributed by atoms with van der Waals surface area (Å²) in [5.41, 5.74) is 4.70. The minimum atomic E-state index is -0.393. The summed E-state index contributed by atoms with van der Waals surface area (Å²) in [6.45, 7) is 0. The SMILES string of the molecule is OBOc1cccc2c1oc1c2ccc2c3ccccc3n(-c3ccccc3)c21. The van der Waals surface area contributed by atoms with Crippen molar-refractivity contribution in [3.63, 3.8) is 0 Å². The van der Waals surface area contributed by atoms with Crippen LogP contribution in [0.25, 0.3) is 49.4 Å². The van der Waals surface area contributed by atoms with Gasteiger partial charge in [-0.3, -0.25) is 0 Å². The van der Waals surface area contributed by atoms with Gasteiger partial charge < -0.3 is 18.7 Å². The van der Waals surface area contributed by atoms with Crippen molar-refractivity contribution in [1.82, 2.24) is 4.57 Å². The summed E-state index contributed by atoms with van der Waals surface area (Å²) in [6.07, 6.45) is 0. The van der Waals surface area contributed by atoms with E-state index in [1.54, 1.807) is 0 Å². The molecule has 1 N–H and O–H groups in total. The van der Waals surface area contributed by atoms with E-state index in [2.05, 4.69) is 53.1 Å². The average molecular weight is 377 g/mol. The van der Waals surface area contributed by atoms with Crippen molar-refractivity contribution in [2.45, 2.75) is 0 Å². The van der Waals surface area contributed by atoms with Crippen LogP contribution in [0.4, 0.5) is 0 Å². The van der Waals surface area contributed by atoms with Gasteiger partial charge in [-0.25, -0.2) is 0 Å². The zero-order valence-electron chi connectivity index (χ0n) is 15.5. The van der Waals surface area contributed by atoms with Crippen molar-refractivity contribution in [3.8, 4) is 11.4 Å². The lowest BCUT2D eigenvalue weighted by molar-refractivity contribution is 0.451. The quantitative estimate of drug-likeness (QED) is 0.425. The molecule has 0 aliphatic rings. The Kier molecular flexibility index (Phi) is 3.46. The van der Waals surface area contributed by atoms with E-state index >= 15 is 0 Å². The van der Waals surface area contributed by atoms with Crippen molar-refractivity contribution < 1.29 is 14.1 Å². The molecule has 0 unspecified atom stereocenters. The molecule has 2 heterocycles. The first kappa shape index (κ1) is 16.3. The van der Waals surface area contributed by atoms with Gasteiger partial charge in [0.15, 0.2) is 11.2 Å². The third-order valence-corrected chi connectivity index (χ3v) is 5.50. The van der Waals surface area contributed by atoms with Crippen molar-refractivity contribution in [2.75, 3.05) is 0 Å². The molecule has 29 heavy (non-hydrogen) atoms. The van der Waals surface area contributed by atoms with Crippen molar-refractivity contribution in [3.05, 3.63) is 84.9 Å². The van der Waals surface area contributed by atoms with Gasteiger partial charge in [0, 0.05) is 27.2 Å². The summed E-state index contributed by atoms with van der Waals surface area (Å²) in [5.74, 6) is 0.539. The molecule has 0 atom stereocenters. The van der Waals surface area contributed by atoms with E-state index in [4.69, 9.17) is 9.07 Å². The molecule has 0 saturated heterocycles. The van der Waals surface area contributed by atoms with Crippen LogP contribution < -0.4 is 4.65 Å². The lowest BCUT2D eigenvalue weighted by atomic mass is 10.1. The van der Waals surface area contributed by atoms with Gasteiger partial charge >= 0.3 is 7.69 Å². The second-order valence-corrected chi connectivity index (χ2v) is 7.03. The highest BCUT2D eigenvalue weighted by Crippen LogP contribution is 2.41. The fourth-order valence-corrected chi connectivity index (χ4v) is 4.31. The average Bonchev–Trinajstić information content (AvgIpc) is 3.31. The molecule has 0 saturated carbocycles. The zero-order chi connectivity index (χ0) is 19.4. The molecule has 0 bridgehead atoms. The van der Waals surface area contributed by atoms with Crippen molar-refractivity contribution in [1.29, 1.82) is 0 Å². The largest absolute Gasteiger partial charge is 0.536 e. The summed E-state index contributed by atoms with van der Waals surface area (Å²) in [7, 11) is -0.393. The molecular weight excluding hydrogens is 361 g/mol. The topological polar surface area (TPSA) is 47.5 Å². The van der Waals surface area contributed by atoms with Crippen molar-refractivity contribution in [2.24, 2.45) is 0 Å². The second-order valence-electron chi connectivity index (χ2n) is 7.03. The number of fused-ring (bicyclic) bond motifs is 7. The molecule has 6 rings (SSSR count). The fraction of sp³-hybridized carbons (Fsp3) is 0. The molecule has 4 nitrogen and oxygen atoms in total. The minimum Gasteiger partial charge on any atom is -0.536 e. The molecule has 4 aromatic carbocycles. The predicted octanol–water partition coefficient (Wildman–Crippen LogP) is 5.32. The highest BCUT2D eigenvalue weighted by Gasteiger charge is 2.19. The first-order chi connectivity index (χ1) is 14.4. The standard InChI is InChI=1S/C24H16BNO3/c27-25-29-21-12-6-10-18-19-14-13-17-16-9-4-5-11-20(16)26(15-7-2-1-3-8-15)22(17)24(19)28-23(18)21/h1-14,25,27H. The van der Waals surface area contributed by atoms with Gasteiger partial charge in [-0.2, -0.15) is 0 Å². The Morgan fingerprint density at radius 3 is 2.28 bits per heavy atom. The fourth-order valence-electron chi connectivity index (χ4n) is 4.31. The number of furan rings is 1. The van der Waals surface area contributed by atoms with E-state index in [1.807, 2.05) is 36.4 Å². The monoisotopic (exact) mass is 377 g/mol. The first-order valence-corrected chi connectivity index (χ1v) is 9.53. The van der Waals surface area contributed by atoms with E-state index < -0.39 is 7.69 Å². The van der Waals surface area contributed by atoms with Crippen LogP contribution in [0.5, 0.6) is 5.75 Å². The van der Waals surface area contributed by atoms with Gasteiger partial charge in [0.05, 0.1) is 11.0 Å². The summed E-state index contributed by atoms with van der Waals surface area (Å²) >= 11 is 0. The molecule has 0 spiro atoms. The Morgan fingerprint density at radius 1 is 0.690 bits per heavy atom. The van der Waals surface area contributed by atoms with Gasteiger partial charge in [0.25, 0.3) is 0 Å². The Balaban J connectivity index is 1.85. The number of aromatic nitrogens is 1. The molecule has 0 aliphatic heterocycles. The molecular formula is C24H16BNO3. The summed E-state index contributed by atoms with van der Waals surface area (Å²) in [5, 5.41) is 13.6. The number of benzene rings is 4. The highest BCUT2D eigenvalue weighted by atomic mass is 16.5. The first-order valence-electron chi connectivity index (χ1n) is 9.53. The van der Waals surface area contributed by atoms with Gasteiger partial charge in [-0.15, -0.1) is 0 Å². The maximum Gasteiger partial charge on any atom is 0.504 e. The molecule has 0 radical (unpaired) electrons. The molecule has 5 heteroatoms. The number of rotatable bonds is 3. The van der Waals surface area contributed by atoms with Crippen LogP contribution in [0.15, 0.2) is 89.3 Å². The van der Waals surface area contributed by atoms with Crippen LogP contribution in [-0.4, -0.2) is 17.3 Å².